The number of amides is 2. The number of pyridine rings is 1. The van der Waals surface area contributed by atoms with Crippen LogP contribution in [0.1, 0.15) is 46.3 Å². The minimum atomic E-state index is -0.0947. The van der Waals surface area contributed by atoms with Gasteiger partial charge in [0.15, 0.2) is 0 Å². The molecule has 0 spiro atoms. The van der Waals surface area contributed by atoms with Crippen molar-refractivity contribution in [3.63, 3.8) is 0 Å². The molecule has 1 aliphatic heterocycles. The van der Waals surface area contributed by atoms with Crippen molar-refractivity contribution in [3.05, 3.63) is 65.0 Å². The number of carbonyl (C=O) groups excluding carboxylic acids is 2. The van der Waals surface area contributed by atoms with E-state index in [2.05, 4.69) is 42.3 Å². The molecular weight excluding hydrogens is 338 g/mol. The molecule has 2 heterocycles. The largest absolute Gasteiger partial charge is 0.349 e. The molecule has 0 saturated carbocycles. The van der Waals surface area contributed by atoms with Crippen LogP contribution in [0.4, 0.5) is 0 Å². The summed E-state index contributed by atoms with van der Waals surface area (Å²) in [5.41, 5.74) is 4.31. The minimum absolute atomic E-state index is 0.0947. The van der Waals surface area contributed by atoms with E-state index in [1.165, 1.54) is 16.7 Å². The molecular formula is C22H27N3O2. The van der Waals surface area contributed by atoms with Crippen LogP contribution < -0.4 is 5.32 Å². The molecule has 1 aromatic carbocycles. The van der Waals surface area contributed by atoms with Crippen molar-refractivity contribution in [2.75, 3.05) is 13.1 Å². The predicted molar refractivity (Wildman–Crippen MR) is 106 cm³/mol. The molecule has 0 aliphatic carbocycles. The first-order chi connectivity index (χ1) is 13.0. The fraction of sp³-hybridized carbons (Fsp3) is 0.409. The lowest BCUT2D eigenvalue weighted by atomic mass is 10.00. The van der Waals surface area contributed by atoms with Crippen molar-refractivity contribution in [2.24, 2.45) is 0 Å². The zero-order valence-electron chi connectivity index (χ0n) is 16.1. The summed E-state index contributed by atoms with van der Waals surface area (Å²) >= 11 is 0. The average Bonchev–Trinajstić information content (AvgIpc) is 2.68. The summed E-state index contributed by atoms with van der Waals surface area (Å²) in [5, 5.41) is 3.05. The second-order valence-electron chi connectivity index (χ2n) is 7.30. The quantitative estimate of drug-likeness (QED) is 0.886. The maximum absolute atomic E-state index is 12.5. The zero-order chi connectivity index (χ0) is 19.2. The predicted octanol–water partition coefficient (Wildman–Crippen LogP) is 3.05. The molecule has 3 rings (SSSR count). The first kappa shape index (κ1) is 19.1. The second-order valence-corrected chi connectivity index (χ2v) is 7.30. The van der Waals surface area contributed by atoms with Gasteiger partial charge in [-0.25, -0.2) is 0 Å². The fourth-order valence-electron chi connectivity index (χ4n) is 3.57. The van der Waals surface area contributed by atoms with Crippen LogP contribution in [0.3, 0.4) is 0 Å². The molecule has 5 nitrogen and oxygen atoms in total. The van der Waals surface area contributed by atoms with Crippen LogP contribution in [0.5, 0.6) is 0 Å². The number of nitrogens with zero attached hydrogens (tertiary/aromatic N) is 2. The lowest BCUT2D eigenvalue weighted by molar-refractivity contribution is -0.132. The van der Waals surface area contributed by atoms with E-state index in [1.54, 1.807) is 24.5 Å². The molecule has 1 N–H and O–H groups in total. The van der Waals surface area contributed by atoms with Gasteiger partial charge >= 0.3 is 0 Å². The van der Waals surface area contributed by atoms with Crippen LogP contribution in [0.25, 0.3) is 0 Å². The van der Waals surface area contributed by atoms with Gasteiger partial charge in [0.25, 0.3) is 5.91 Å². The molecule has 0 atom stereocenters. The summed E-state index contributed by atoms with van der Waals surface area (Å²) < 4.78 is 0. The van der Waals surface area contributed by atoms with Crippen molar-refractivity contribution < 1.29 is 9.59 Å². The zero-order valence-corrected chi connectivity index (χ0v) is 16.1. The van der Waals surface area contributed by atoms with Gasteiger partial charge in [-0.1, -0.05) is 23.8 Å². The first-order valence-corrected chi connectivity index (χ1v) is 9.58. The Morgan fingerprint density at radius 1 is 1.19 bits per heavy atom. The third-order valence-corrected chi connectivity index (χ3v) is 5.21. The van der Waals surface area contributed by atoms with E-state index in [0.717, 1.165) is 19.3 Å². The van der Waals surface area contributed by atoms with E-state index >= 15 is 0 Å². The molecule has 5 heteroatoms. The van der Waals surface area contributed by atoms with Gasteiger partial charge in [0.2, 0.25) is 5.91 Å². The Hall–Kier alpha value is -2.69. The van der Waals surface area contributed by atoms with Crippen molar-refractivity contribution >= 4 is 11.8 Å². The number of nitrogens with one attached hydrogen (secondary N) is 1. The van der Waals surface area contributed by atoms with Crippen molar-refractivity contribution in [3.8, 4) is 0 Å². The molecule has 0 bridgehead atoms. The topological polar surface area (TPSA) is 62.3 Å². The smallest absolute Gasteiger partial charge is 0.253 e. The van der Waals surface area contributed by atoms with Gasteiger partial charge in [-0.2, -0.15) is 0 Å². The Labute approximate surface area is 160 Å². The number of aromatic nitrogens is 1. The molecule has 1 saturated heterocycles. The lowest BCUT2D eigenvalue weighted by Gasteiger charge is -2.32. The summed E-state index contributed by atoms with van der Waals surface area (Å²) in [4.78, 5) is 30.6. The van der Waals surface area contributed by atoms with Crippen molar-refractivity contribution in [2.45, 2.75) is 45.6 Å². The molecule has 1 aromatic heterocycles. The monoisotopic (exact) mass is 365 g/mol. The van der Waals surface area contributed by atoms with E-state index in [9.17, 15) is 9.59 Å². The van der Waals surface area contributed by atoms with Gasteiger partial charge in [0.1, 0.15) is 0 Å². The Kier molecular flexibility index (Phi) is 6.22. The molecule has 0 unspecified atom stereocenters. The van der Waals surface area contributed by atoms with Gasteiger partial charge in [0, 0.05) is 37.9 Å². The third-order valence-electron chi connectivity index (χ3n) is 5.21. The summed E-state index contributed by atoms with van der Waals surface area (Å²) in [6, 6.07) is 10.0. The normalized spacial score (nSPS) is 14.8. The van der Waals surface area contributed by atoms with Crippen molar-refractivity contribution in [1.29, 1.82) is 0 Å². The van der Waals surface area contributed by atoms with Crippen LogP contribution >= 0.6 is 0 Å². The van der Waals surface area contributed by atoms with Gasteiger partial charge in [0.05, 0.1) is 5.56 Å². The van der Waals surface area contributed by atoms with E-state index < -0.39 is 0 Å². The summed E-state index contributed by atoms with van der Waals surface area (Å²) in [6.45, 7) is 5.58. The van der Waals surface area contributed by atoms with E-state index in [-0.39, 0.29) is 17.9 Å². The van der Waals surface area contributed by atoms with Crippen LogP contribution in [-0.2, 0) is 11.2 Å². The second kappa shape index (κ2) is 8.80. The number of hydrogen-bond donors (Lipinski definition) is 1. The molecule has 1 aliphatic rings. The highest BCUT2D eigenvalue weighted by molar-refractivity contribution is 5.94. The number of piperidine rings is 1. The third kappa shape index (κ3) is 5.16. The number of carbonyl (C=O) groups is 2. The lowest BCUT2D eigenvalue weighted by Crippen LogP contribution is -2.46. The summed E-state index contributed by atoms with van der Waals surface area (Å²) in [6.07, 6.45) is 6.13. The number of likely N-dealkylation sites (tertiary alicyclic amines) is 1. The van der Waals surface area contributed by atoms with Crippen LogP contribution in [0, 0.1) is 13.8 Å². The minimum Gasteiger partial charge on any atom is -0.349 e. The molecule has 2 amide bonds. The van der Waals surface area contributed by atoms with Gasteiger partial charge in [-0.3, -0.25) is 14.6 Å². The van der Waals surface area contributed by atoms with Crippen LogP contribution in [-0.4, -0.2) is 40.8 Å². The van der Waals surface area contributed by atoms with E-state index in [1.807, 2.05) is 4.90 Å². The molecule has 2 aromatic rings. The van der Waals surface area contributed by atoms with Gasteiger partial charge in [-0.15, -0.1) is 0 Å². The molecule has 0 radical (unpaired) electrons. The summed E-state index contributed by atoms with van der Waals surface area (Å²) in [7, 11) is 0. The Morgan fingerprint density at radius 2 is 1.96 bits per heavy atom. The van der Waals surface area contributed by atoms with Crippen LogP contribution in [0.15, 0.2) is 42.7 Å². The number of aryl methyl sites for hydroxylation is 3. The maximum Gasteiger partial charge on any atom is 0.253 e. The van der Waals surface area contributed by atoms with Crippen molar-refractivity contribution in [1.82, 2.24) is 15.2 Å². The van der Waals surface area contributed by atoms with Gasteiger partial charge < -0.3 is 10.2 Å². The summed E-state index contributed by atoms with van der Waals surface area (Å²) in [5.74, 6) is 0.106. The Bertz CT molecular complexity index is 796. The highest BCUT2D eigenvalue weighted by Crippen LogP contribution is 2.16. The SMILES string of the molecule is Cc1ccc(CCC(=O)N2CCC(NC(=O)c3cccnc3)CC2)c(C)c1. The molecule has 142 valence electrons. The number of rotatable bonds is 5. The van der Waals surface area contributed by atoms with Gasteiger partial charge in [-0.05, 0) is 56.4 Å². The fourth-order valence-corrected chi connectivity index (χ4v) is 3.57. The maximum atomic E-state index is 12.5. The highest BCUT2D eigenvalue weighted by Gasteiger charge is 2.24. The van der Waals surface area contributed by atoms with E-state index in [4.69, 9.17) is 0 Å². The molecule has 1 fully saturated rings. The standard InChI is InChI=1S/C22H27N3O2/c1-16-5-6-18(17(2)14-16)7-8-21(26)25-12-9-20(10-13-25)24-22(27)19-4-3-11-23-15-19/h3-6,11,14-15,20H,7-10,12-13H2,1-2H3,(H,24,27). The first-order valence-electron chi connectivity index (χ1n) is 9.58. The van der Waals surface area contributed by atoms with Crippen LogP contribution in [0.2, 0.25) is 0 Å². The average molecular weight is 365 g/mol. The Balaban J connectivity index is 1.44. The molecule has 27 heavy (non-hydrogen) atoms. The Morgan fingerprint density at radius 3 is 2.63 bits per heavy atom. The highest BCUT2D eigenvalue weighted by atomic mass is 16.2. The number of hydrogen-bond acceptors (Lipinski definition) is 3. The van der Waals surface area contributed by atoms with E-state index in [0.29, 0.717) is 25.1 Å². The number of benzene rings is 1.